The first-order chi connectivity index (χ1) is 16.8. The van der Waals surface area contributed by atoms with E-state index >= 15 is 0 Å². The molecule has 0 saturated carbocycles. The molecule has 190 valence electrons. The van der Waals surface area contributed by atoms with E-state index in [1.54, 1.807) is 5.57 Å². The largest absolute Gasteiger partial charge is 0.299 e. The van der Waals surface area contributed by atoms with Gasteiger partial charge in [-0.3, -0.25) is 14.6 Å². The van der Waals surface area contributed by atoms with Crippen LogP contribution >= 0.6 is 0 Å². The molecule has 2 fully saturated rings. The number of nitrogens with zero attached hydrogens (tertiary/aromatic N) is 2. The third-order valence-electron chi connectivity index (χ3n) is 9.96. The molecular weight excluding hydrogens is 416 g/mol. The van der Waals surface area contributed by atoms with Gasteiger partial charge in [-0.1, -0.05) is 62.3 Å². The van der Waals surface area contributed by atoms with Gasteiger partial charge in [0.2, 0.25) is 0 Å². The minimum atomic E-state index is 0.321. The van der Waals surface area contributed by atoms with Crippen molar-refractivity contribution >= 4 is 5.78 Å². The molecule has 5 rings (SSSR count). The van der Waals surface area contributed by atoms with E-state index < -0.39 is 0 Å². The van der Waals surface area contributed by atoms with Crippen LogP contribution in [0.25, 0.3) is 0 Å². The first-order valence-electron chi connectivity index (χ1n) is 15.1. The normalized spacial score (nSPS) is 40.0. The van der Waals surface area contributed by atoms with Crippen LogP contribution in [0.15, 0.2) is 23.8 Å². The minimum absolute atomic E-state index is 0.321. The third-order valence-corrected chi connectivity index (χ3v) is 9.96. The van der Waals surface area contributed by atoms with Crippen molar-refractivity contribution in [1.29, 1.82) is 0 Å². The molecule has 6 bridgehead atoms. The van der Waals surface area contributed by atoms with E-state index in [9.17, 15) is 4.79 Å². The van der Waals surface area contributed by atoms with Crippen LogP contribution in [0.4, 0.5) is 0 Å². The molecule has 0 spiro atoms. The van der Waals surface area contributed by atoms with Gasteiger partial charge in [-0.2, -0.15) is 0 Å². The van der Waals surface area contributed by atoms with Gasteiger partial charge in [0.25, 0.3) is 0 Å². The Morgan fingerprint density at radius 1 is 0.706 bits per heavy atom. The fraction of sp³-hybridized carbons (Fsp3) is 0.839. The summed E-state index contributed by atoms with van der Waals surface area (Å²) in [4.78, 5) is 18.9. The van der Waals surface area contributed by atoms with Crippen molar-refractivity contribution in [3.8, 4) is 0 Å². The molecule has 5 aliphatic rings. The highest BCUT2D eigenvalue weighted by molar-refractivity contribution is 5.82. The zero-order valence-electron chi connectivity index (χ0n) is 21.8. The van der Waals surface area contributed by atoms with E-state index in [0.717, 1.165) is 31.2 Å². The van der Waals surface area contributed by atoms with Gasteiger partial charge in [0.1, 0.15) is 5.78 Å². The number of fused-ring (bicyclic) bond motifs is 1. The van der Waals surface area contributed by atoms with E-state index in [0.29, 0.717) is 23.7 Å². The fourth-order valence-corrected chi connectivity index (χ4v) is 8.28. The molecule has 2 saturated heterocycles. The van der Waals surface area contributed by atoms with Crippen LogP contribution in [0.3, 0.4) is 0 Å². The molecule has 2 unspecified atom stereocenters. The number of ketones is 1. The molecule has 4 aliphatic heterocycles. The monoisotopic (exact) mass is 466 g/mol. The van der Waals surface area contributed by atoms with E-state index in [1.165, 1.54) is 116 Å². The summed E-state index contributed by atoms with van der Waals surface area (Å²) in [5, 5.41) is 0. The maximum Gasteiger partial charge on any atom is 0.138 e. The van der Waals surface area contributed by atoms with Crippen molar-refractivity contribution in [3.63, 3.8) is 0 Å². The van der Waals surface area contributed by atoms with Crippen LogP contribution in [0, 0.1) is 23.7 Å². The Bertz CT molecular complexity index is 727. The highest BCUT2D eigenvalue weighted by Gasteiger charge is 2.48. The molecule has 6 atom stereocenters. The third kappa shape index (κ3) is 6.06. The molecule has 0 aromatic carbocycles. The lowest BCUT2D eigenvalue weighted by Gasteiger charge is -2.53. The Morgan fingerprint density at radius 2 is 1.50 bits per heavy atom. The quantitative estimate of drug-likeness (QED) is 0.367. The molecule has 4 heterocycles. The van der Waals surface area contributed by atoms with E-state index in [4.69, 9.17) is 0 Å². The second-order valence-corrected chi connectivity index (χ2v) is 12.2. The van der Waals surface area contributed by atoms with Crippen LogP contribution in [0.2, 0.25) is 0 Å². The molecule has 3 nitrogen and oxygen atoms in total. The minimum Gasteiger partial charge on any atom is -0.299 e. The standard InChI is InChI=1S/C31H50N2O/c34-30-18-21-33-20-17-27-26-22-25-14-10-7-8-12-16-29(30)31(33)28(27)15-11-6-4-2-1-3-5-9-13-19-32(23-25)24-26/h3,5,22,26-29,31H,1-2,4,6-21,23-24H2/b5-3-/t26?,27-,28-,29-,31-/m1/s1. The second-order valence-electron chi connectivity index (χ2n) is 12.2. The molecule has 0 aromatic heterocycles. The van der Waals surface area contributed by atoms with Crippen molar-refractivity contribution in [2.45, 2.75) is 109 Å². The number of rotatable bonds is 0. The summed E-state index contributed by atoms with van der Waals surface area (Å²) >= 11 is 0. The summed E-state index contributed by atoms with van der Waals surface area (Å²) < 4.78 is 0. The van der Waals surface area contributed by atoms with Crippen LogP contribution in [0.5, 0.6) is 0 Å². The van der Waals surface area contributed by atoms with E-state index in [2.05, 4.69) is 28.0 Å². The number of carbonyl (C=O) groups is 1. The van der Waals surface area contributed by atoms with Gasteiger partial charge in [-0.15, -0.1) is 0 Å². The summed E-state index contributed by atoms with van der Waals surface area (Å²) in [6.45, 7) is 6.01. The van der Waals surface area contributed by atoms with Crippen molar-refractivity contribution in [2.75, 3.05) is 32.7 Å². The maximum absolute atomic E-state index is 13.3. The predicted molar refractivity (Wildman–Crippen MR) is 142 cm³/mol. The first-order valence-corrected chi connectivity index (χ1v) is 15.1. The molecule has 34 heavy (non-hydrogen) atoms. The lowest BCUT2D eigenvalue weighted by Crippen LogP contribution is -2.59. The molecule has 0 amide bonds. The van der Waals surface area contributed by atoms with Crippen LogP contribution in [-0.2, 0) is 4.79 Å². The lowest BCUT2D eigenvalue weighted by molar-refractivity contribution is -0.135. The average Bonchev–Trinajstić information content (AvgIpc) is 2.85. The number of hydrogen-bond acceptors (Lipinski definition) is 3. The van der Waals surface area contributed by atoms with Crippen LogP contribution in [-0.4, -0.2) is 54.3 Å². The van der Waals surface area contributed by atoms with Gasteiger partial charge in [0, 0.05) is 38.0 Å². The highest BCUT2D eigenvalue weighted by Crippen LogP contribution is 2.45. The molecular formula is C31H50N2O. The molecule has 0 aromatic rings. The summed E-state index contributed by atoms with van der Waals surface area (Å²) in [7, 11) is 0. The predicted octanol–water partition coefficient (Wildman–Crippen LogP) is 6.79. The molecule has 3 heteroatoms. The van der Waals surface area contributed by atoms with Crippen molar-refractivity contribution in [1.82, 2.24) is 9.80 Å². The zero-order chi connectivity index (χ0) is 23.2. The van der Waals surface area contributed by atoms with Gasteiger partial charge in [-0.05, 0) is 88.6 Å². The van der Waals surface area contributed by atoms with Crippen LogP contribution < -0.4 is 0 Å². The Morgan fingerprint density at radius 3 is 2.41 bits per heavy atom. The SMILES string of the molecule is O=C1CCN2CC[C@@H]3C4C=C5CCCCCC[C@H]1[C@H]2[C@@H]3CCCCCC/C=C\CCCN(C5)C4. The fourth-order valence-electron chi connectivity index (χ4n) is 8.28. The second kappa shape index (κ2) is 12.3. The Balaban J connectivity index is 1.45. The zero-order valence-corrected chi connectivity index (χ0v) is 21.8. The number of Topliss-reactive ketones (excluding diaryl/α,β-unsaturated/α-hetero) is 1. The lowest BCUT2D eigenvalue weighted by atomic mass is 9.64. The number of hydrogen-bond donors (Lipinski definition) is 0. The Hall–Kier alpha value is -0.930. The van der Waals surface area contributed by atoms with E-state index in [1.807, 2.05) is 0 Å². The van der Waals surface area contributed by atoms with Gasteiger partial charge in [-0.25, -0.2) is 0 Å². The van der Waals surface area contributed by atoms with Crippen molar-refractivity contribution < 1.29 is 4.79 Å². The highest BCUT2D eigenvalue weighted by atomic mass is 16.1. The Labute approximate surface area is 209 Å². The molecule has 0 radical (unpaired) electrons. The first kappa shape index (κ1) is 24.8. The Kier molecular flexibility index (Phi) is 8.99. The van der Waals surface area contributed by atoms with Gasteiger partial charge >= 0.3 is 0 Å². The summed E-state index contributed by atoms with van der Waals surface area (Å²) in [5.41, 5.74) is 1.74. The van der Waals surface area contributed by atoms with Gasteiger partial charge in [0.05, 0.1) is 0 Å². The smallest absolute Gasteiger partial charge is 0.138 e. The van der Waals surface area contributed by atoms with Crippen molar-refractivity contribution in [2.24, 2.45) is 23.7 Å². The number of piperidine rings is 2. The average molecular weight is 467 g/mol. The summed E-state index contributed by atoms with van der Waals surface area (Å²) in [6.07, 6.45) is 28.2. The summed E-state index contributed by atoms with van der Waals surface area (Å²) in [6, 6.07) is 0.537. The molecule has 0 N–H and O–H groups in total. The molecule has 1 aliphatic carbocycles. The van der Waals surface area contributed by atoms with Gasteiger partial charge in [0.15, 0.2) is 0 Å². The number of allylic oxidation sites excluding steroid dienone is 2. The topological polar surface area (TPSA) is 23.6 Å². The maximum atomic E-state index is 13.3. The van der Waals surface area contributed by atoms with E-state index in [-0.39, 0.29) is 0 Å². The van der Waals surface area contributed by atoms with Crippen molar-refractivity contribution in [3.05, 3.63) is 23.8 Å². The van der Waals surface area contributed by atoms with Crippen LogP contribution in [0.1, 0.15) is 103 Å². The summed E-state index contributed by atoms with van der Waals surface area (Å²) in [5.74, 6) is 3.14. The number of carbonyl (C=O) groups excluding carboxylic acids is 1. The van der Waals surface area contributed by atoms with Gasteiger partial charge < -0.3 is 0 Å².